The van der Waals surface area contributed by atoms with Gasteiger partial charge in [-0.2, -0.15) is 5.10 Å². The lowest BCUT2D eigenvalue weighted by Crippen LogP contribution is -2.43. The monoisotopic (exact) mass is 334 g/mol. The third-order valence-corrected chi connectivity index (χ3v) is 5.00. The van der Waals surface area contributed by atoms with Crippen molar-refractivity contribution in [3.63, 3.8) is 0 Å². The molecular formula is C18H30N4O2. The minimum atomic E-state index is -0.135. The number of piperidine rings is 1. The van der Waals surface area contributed by atoms with Gasteiger partial charge in [0.25, 0.3) is 0 Å². The molecule has 2 N–H and O–H groups in total. The molecule has 2 amide bonds. The summed E-state index contributed by atoms with van der Waals surface area (Å²) in [6.07, 6.45) is 4.41. The molecule has 24 heavy (non-hydrogen) atoms. The average Bonchev–Trinajstić information content (AvgIpc) is 2.86. The van der Waals surface area contributed by atoms with Gasteiger partial charge < -0.3 is 10.2 Å². The van der Waals surface area contributed by atoms with E-state index in [1.165, 1.54) is 6.42 Å². The lowest BCUT2D eigenvalue weighted by molar-refractivity contribution is -0.134. The standard InChI is InChI=1S/C18H30N4O2/c1-12(11-16-14(3)20-21-15(16)4)18(24)19-9-8-17(23)22-10-6-5-7-13(22)2/h12-13H,5-11H2,1-4H3,(H,19,24)(H,20,21). The number of rotatable bonds is 6. The fraction of sp³-hybridized carbons (Fsp3) is 0.722. The molecule has 1 aromatic rings. The van der Waals surface area contributed by atoms with Gasteiger partial charge in [-0.25, -0.2) is 0 Å². The molecule has 134 valence electrons. The van der Waals surface area contributed by atoms with Crippen molar-refractivity contribution in [3.05, 3.63) is 17.0 Å². The molecule has 1 aromatic heterocycles. The topological polar surface area (TPSA) is 78.1 Å². The Balaban J connectivity index is 1.75. The van der Waals surface area contributed by atoms with E-state index in [-0.39, 0.29) is 17.7 Å². The van der Waals surface area contributed by atoms with E-state index < -0.39 is 0 Å². The van der Waals surface area contributed by atoms with Crippen LogP contribution in [0.5, 0.6) is 0 Å². The number of likely N-dealkylation sites (tertiary alicyclic amines) is 1. The van der Waals surface area contributed by atoms with E-state index in [9.17, 15) is 9.59 Å². The van der Waals surface area contributed by atoms with Crippen LogP contribution in [0.3, 0.4) is 0 Å². The second-order valence-corrected chi connectivity index (χ2v) is 6.99. The summed E-state index contributed by atoms with van der Waals surface area (Å²) in [6.45, 7) is 9.20. The first-order valence-electron chi connectivity index (χ1n) is 8.97. The minimum Gasteiger partial charge on any atom is -0.355 e. The molecule has 2 rings (SSSR count). The molecule has 1 aliphatic rings. The summed E-state index contributed by atoms with van der Waals surface area (Å²) in [4.78, 5) is 26.5. The van der Waals surface area contributed by atoms with Crippen molar-refractivity contribution in [1.29, 1.82) is 0 Å². The molecule has 2 heterocycles. The SMILES string of the molecule is Cc1n[nH]c(C)c1CC(C)C(=O)NCCC(=O)N1CCCCC1C. The number of amides is 2. The molecule has 6 heteroatoms. The van der Waals surface area contributed by atoms with Crippen LogP contribution in [0.25, 0.3) is 0 Å². The van der Waals surface area contributed by atoms with E-state index >= 15 is 0 Å². The van der Waals surface area contributed by atoms with E-state index in [4.69, 9.17) is 0 Å². The molecule has 6 nitrogen and oxygen atoms in total. The van der Waals surface area contributed by atoms with Gasteiger partial charge in [-0.3, -0.25) is 14.7 Å². The summed E-state index contributed by atoms with van der Waals surface area (Å²) in [6, 6.07) is 0.327. The first-order chi connectivity index (χ1) is 11.4. The summed E-state index contributed by atoms with van der Waals surface area (Å²) >= 11 is 0. The van der Waals surface area contributed by atoms with Crippen LogP contribution >= 0.6 is 0 Å². The summed E-state index contributed by atoms with van der Waals surface area (Å²) in [7, 11) is 0. The molecule has 2 atom stereocenters. The minimum absolute atomic E-state index is 0.00510. The number of aromatic amines is 1. The number of aromatic nitrogens is 2. The molecule has 1 fully saturated rings. The molecular weight excluding hydrogens is 304 g/mol. The first kappa shape index (κ1) is 18.5. The molecule has 0 spiro atoms. The third-order valence-electron chi connectivity index (χ3n) is 5.00. The quantitative estimate of drug-likeness (QED) is 0.836. The molecule has 1 saturated heterocycles. The van der Waals surface area contributed by atoms with Gasteiger partial charge in [0.15, 0.2) is 0 Å². The highest BCUT2D eigenvalue weighted by atomic mass is 16.2. The Bertz CT molecular complexity index is 562. The van der Waals surface area contributed by atoms with Gasteiger partial charge in [0, 0.05) is 37.2 Å². The first-order valence-corrected chi connectivity index (χ1v) is 8.97. The number of nitrogens with one attached hydrogen (secondary N) is 2. The molecule has 0 aliphatic carbocycles. The second-order valence-electron chi connectivity index (χ2n) is 6.99. The zero-order chi connectivity index (χ0) is 17.7. The molecule has 0 aromatic carbocycles. The van der Waals surface area contributed by atoms with E-state index in [1.54, 1.807) is 0 Å². The predicted octanol–water partition coefficient (Wildman–Crippen LogP) is 2.11. The summed E-state index contributed by atoms with van der Waals surface area (Å²) in [5.74, 6) is 0.00943. The van der Waals surface area contributed by atoms with Gasteiger partial charge in [-0.15, -0.1) is 0 Å². The van der Waals surface area contributed by atoms with Crippen molar-refractivity contribution in [2.45, 2.75) is 65.8 Å². The van der Waals surface area contributed by atoms with Gasteiger partial charge in [0.2, 0.25) is 11.8 Å². The van der Waals surface area contributed by atoms with Crippen molar-refractivity contribution < 1.29 is 9.59 Å². The Hall–Kier alpha value is -1.85. The summed E-state index contributed by atoms with van der Waals surface area (Å²) < 4.78 is 0. The van der Waals surface area contributed by atoms with Crippen LogP contribution < -0.4 is 5.32 Å². The Morgan fingerprint density at radius 2 is 2.12 bits per heavy atom. The number of aryl methyl sites for hydroxylation is 2. The highest BCUT2D eigenvalue weighted by Crippen LogP contribution is 2.17. The van der Waals surface area contributed by atoms with Crippen LogP contribution in [0.15, 0.2) is 0 Å². The number of H-pyrrole nitrogens is 1. The fourth-order valence-electron chi connectivity index (χ4n) is 3.35. The number of hydrogen-bond acceptors (Lipinski definition) is 3. The fourth-order valence-corrected chi connectivity index (χ4v) is 3.35. The van der Waals surface area contributed by atoms with Crippen LogP contribution in [-0.2, 0) is 16.0 Å². The van der Waals surface area contributed by atoms with Gasteiger partial charge in [0.1, 0.15) is 0 Å². The summed E-state index contributed by atoms with van der Waals surface area (Å²) in [5.41, 5.74) is 3.07. The van der Waals surface area contributed by atoms with Crippen LogP contribution in [0.2, 0.25) is 0 Å². The maximum Gasteiger partial charge on any atom is 0.224 e. The molecule has 0 radical (unpaired) electrons. The second kappa shape index (κ2) is 8.31. The Kier molecular flexibility index (Phi) is 6.40. The number of carbonyl (C=O) groups is 2. The van der Waals surface area contributed by atoms with Crippen molar-refractivity contribution in [1.82, 2.24) is 20.4 Å². The van der Waals surface area contributed by atoms with Crippen molar-refractivity contribution in [2.24, 2.45) is 5.92 Å². The van der Waals surface area contributed by atoms with Crippen LogP contribution in [0.1, 0.15) is 56.5 Å². The zero-order valence-corrected chi connectivity index (χ0v) is 15.3. The van der Waals surface area contributed by atoms with E-state index in [1.807, 2.05) is 25.7 Å². The lowest BCUT2D eigenvalue weighted by Gasteiger charge is -2.33. The third kappa shape index (κ3) is 4.58. The van der Waals surface area contributed by atoms with Crippen LogP contribution in [-0.4, -0.2) is 46.0 Å². The Morgan fingerprint density at radius 3 is 2.75 bits per heavy atom. The van der Waals surface area contributed by atoms with E-state index in [0.717, 1.165) is 36.3 Å². The molecule has 2 unspecified atom stereocenters. The van der Waals surface area contributed by atoms with Gasteiger partial charge in [0.05, 0.1) is 5.69 Å². The Labute approximate surface area is 144 Å². The number of nitrogens with zero attached hydrogens (tertiary/aromatic N) is 2. The van der Waals surface area contributed by atoms with Crippen LogP contribution in [0, 0.1) is 19.8 Å². The van der Waals surface area contributed by atoms with E-state index in [0.29, 0.717) is 25.4 Å². The van der Waals surface area contributed by atoms with Crippen molar-refractivity contribution in [2.75, 3.05) is 13.1 Å². The van der Waals surface area contributed by atoms with Crippen molar-refractivity contribution >= 4 is 11.8 Å². The van der Waals surface area contributed by atoms with Gasteiger partial charge in [-0.1, -0.05) is 6.92 Å². The van der Waals surface area contributed by atoms with Gasteiger partial charge in [-0.05, 0) is 52.0 Å². The lowest BCUT2D eigenvalue weighted by atomic mass is 9.99. The number of carbonyl (C=O) groups excluding carboxylic acids is 2. The summed E-state index contributed by atoms with van der Waals surface area (Å²) in [5, 5.41) is 10.0. The predicted molar refractivity (Wildman–Crippen MR) is 93.6 cm³/mol. The average molecular weight is 334 g/mol. The normalized spacial score (nSPS) is 19.2. The zero-order valence-electron chi connectivity index (χ0n) is 15.3. The van der Waals surface area contributed by atoms with Crippen molar-refractivity contribution in [3.8, 4) is 0 Å². The largest absolute Gasteiger partial charge is 0.355 e. The highest BCUT2D eigenvalue weighted by Gasteiger charge is 2.23. The van der Waals surface area contributed by atoms with E-state index in [2.05, 4.69) is 22.4 Å². The number of hydrogen-bond donors (Lipinski definition) is 2. The van der Waals surface area contributed by atoms with Crippen LogP contribution in [0.4, 0.5) is 0 Å². The maximum atomic E-state index is 12.3. The molecule has 1 aliphatic heterocycles. The maximum absolute atomic E-state index is 12.3. The molecule has 0 saturated carbocycles. The van der Waals surface area contributed by atoms with Gasteiger partial charge >= 0.3 is 0 Å². The molecule has 0 bridgehead atoms. The Morgan fingerprint density at radius 1 is 1.38 bits per heavy atom. The smallest absolute Gasteiger partial charge is 0.224 e. The highest BCUT2D eigenvalue weighted by molar-refractivity contribution is 5.80.